The summed E-state index contributed by atoms with van der Waals surface area (Å²) >= 11 is 0. The molecule has 0 saturated heterocycles. The second-order valence-electron chi connectivity index (χ2n) is 2.52. The van der Waals surface area contributed by atoms with E-state index in [2.05, 4.69) is 10.1 Å². The smallest absolute Gasteiger partial charge is 0.0948 e. The van der Waals surface area contributed by atoms with Crippen molar-refractivity contribution in [1.29, 1.82) is 0 Å². The van der Waals surface area contributed by atoms with Crippen LogP contribution in [0.2, 0.25) is 0 Å². The summed E-state index contributed by atoms with van der Waals surface area (Å²) < 4.78 is 1.91. The molecule has 0 N–H and O–H groups in total. The van der Waals surface area contributed by atoms with E-state index < -0.39 is 0 Å². The van der Waals surface area contributed by atoms with Crippen LogP contribution < -0.4 is 0 Å². The van der Waals surface area contributed by atoms with Gasteiger partial charge in [-0.05, 0) is 0 Å². The average molecular weight is 152 g/mol. The maximum absolute atomic E-state index is 4.08. The van der Waals surface area contributed by atoms with Gasteiger partial charge in [0.15, 0.2) is 0 Å². The molecule has 0 aliphatic rings. The monoisotopic (exact) mass is 152 g/mol. The second kappa shape index (κ2) is 3.18. The van der Waals surface area contributed by atoms with Gasteiger partial charge in [-0.15, -0.1) is 0 Å². The molecule has 0 aliphatic heterocycles. The molecule has 1 heterocycles. The van der Waals surface area contributed by atoms with E-state index in [-0.39, 0.29) is 0 Å². The maximum atomic E-state index is 4.08. The number of rotatable bonds is 2. The Kier molecular flexibility index (Phi) is 2.25. The number of hydrogen-bond donors (Lipinski definition) is 0. The van der Waals surface area contributed by atoms with E-state index in [1.807, 2.05) is 25.7 Å². The molecule has 0 unspecified atom stereocenters. The number of aryl methyl sites for hydroxylation is 1. The van der Waals surface area contributed by atoms with Crippen molar-refractivity contribution in [3.05, 3.63) is 18.2 Å². The SMILES string of the molecule is CN(C)/N=C\c1cncn1C. The standard InChI is InChI=1S/C7H12N4/c1-10(2)9-5-7-4-8-6-11(7)3/h4-6H,1-3H3/b9-5-. The zero-order chi connectivity index (χ0) is 8.27. The highest BCUT2D eigenvalue weighted by Crippen LogP contribution is 1.91. The van der Waals surface area contributed by atoms with Crippen LogP contribution >= 0.6 is 0 Å². The van der Waals surface area contributed by atoms with Crippen LogP contribution in [-0.2, 0) is 7.05 Å². The van der Waals surface area contributed by atoms with E-state index in [1.54, 1.807) is 23.7 Å². The summed E-state index contributed by atoms with van der Waals surface area (Å²) in [6, 6.07) is 0. The van der Waals surface area contributed by atoms with Crippen LogP contribution in [0.5, 0.6) is 0 Å². The fourth-order valence-electron chi connectivity index (χ4n) is 0.666. The molecule has 4 heteroatoms. The molecule has 0 aliphatic carbocycles. The lowest BCUT2D eigenvalue weighted by molar-refractivity contribution is 0.440. The normalized spacial score (nSPS) is 10.8. The van der Waals surface area contributed by atoms with Gasteiger partial charge in [0.25, 0.3) is 0 Å². The first-order valence-electron chi connectivity index (χ1n) is 3.38. The Hall–Kier alpha value is -1.32. The summed E-state index contributed by atoms with van der Waals surface area (Å²) in [5.41, 5.74) is 0.999. The summed E-state index contributed by atoms with van der Waals surface area (Å²) in [6.07, 6.45) is 5.29. The van der Waals surface area contributed by atoms with Crippen molar-refractivity contribution in [3.8, 4) is 0 Å². The third kappa shape index (κ3) is 2.07. The van der Waals surface area contributed by atoms with Gasteiger partial charge in [-0.1, -0.05) is 0 Å². The predicted octanol–water partition coefficient (Wildman–Crippen LogP) is 0.316. The van der Waals surface area contributed by atoms with E-state index in [1.165, 1.54) is 0 Å². The van der Waals surface area contributed by atoms with Crippen LogP contribution in [-0.4, -0.2) is 34.9 Å². The molecule has 1 aromatic rings. The molecule has 0 spiro atoms. The van der Waals surface area contributed by atoms with Crippen molar-refractivity contribution in [2.45, 2.75) is 0 Å². The average Bonchev–Trinajstić information content (AvgIpc) is 2.31. The van der Waals surface area contributed by atoms with Crippen LogP contribution in [0.25, 0.3) is 0 Å². The van der Waals surface area contributed by atoms with E-state index >= 15 is 0 Å². The molecule has 60 valence electrons. The molecular weight excluding hydrogens is 140 g/mol. The van der Waals surface area contributed by atoms with Crippen molar-refractivity contribution < 1.29 is 0 Å². The Morgan fingerprint density at radius 1 is 1.64 bits per heavy atom. The van der Waals surface area contributed by atoms with Crippen LogP contribution in [0.4, 0.5) is 0 Å². The lowest BCUT2D eigenvalue weighted by atomic mass is 10.5. The zero-order valence-electron chi connectivity index (χ0n) is 7.02. The third-order valence-electron chi connectivity index (χ3n) is 1.27. The van der Waals surface area contributed by atoms with Gasteiger partial charge in [0, 0.05) is 21.1 Å². The number of aromatic nitrogens is 2. The zero-order valence-corrected chi connectivity index (χ0v) is 7.02. The molecular formula is C7H12N4. The van der Waals surface area contributed by atoms with Crippen molar-refractivity contribution in [2.24, 2.45) is 12.1 Å². The molecule has 0 aromatic carbocycles. The lowest BCUT2D eigenvalue weighted by Crippen LogP contribution is -2.03. The minimum atomic E-state index is 0.999. The van der Waals surface area contributed by atoms with Crippen LogP contribution in [0.3, 0.4) is 0 Å². The number of hydrazone groups is 1. The molecule has 0 amide bonds. The van der Waals surface area contributed by atoms with Crippen molar-refractivity contribution in [1.82, 2.24) is 14.6 Å². The maximum Gasteiger partial charge on any atom is 0.0948 e. The highest BCUT2D eigenvalue weighted by atomic mass is 15.4. The minimum Gasteiger partial charge on any atom is -0.333 e. The predicted molar refractivity (Wildman–Crippen MR) is 44.5 cm³/mol. The van der Waals surface area contributed by atoms with Gasteiger partial charge in [0.2, 0.25) is 0 Å². The summed E-state index contributed by atoms with van der Waals surface area (Å²) in [4.78, 5) is 3.95. The Bertz CT molecular complexity index is 249. The van der Waals surface area contributed by atoms with Gasteiger partial charge in [-0.3, -0.25) is 0 Å². The van der Waals surface area contributed by atoms with Gasteiger partial charge in [0.05, 0.1) is 24.4 Å². The highest BCUT2D eigenvalue weighted by Gasteiger charge is 1.91. The fraction of sp³-hybridized carbons (Fsp3) is 0.429. The topological polar surface area (TPSA) is 33.4 Å². The van der Waals surface area contributed by atoms with E-state index in [4.69, 9.17) is 0 Å². The van der Waals surface area contributed by atoms with Crippen molar-refractivity contribution >= 4 is 6.21 Å². The first kappa shape index (κ1) is 7.78. The number of nitrogens with zero attached hydrogens (tertiary/aromatic N) is 4. The Labute approximate surface area is 66.2 Å². The van der Waals surface area contributed by atoms with Gasteiger partial charge < -0.3 is 9.58 Å². The Morgan fingerprint density at radius 3 is 2.82 bits per heavy atom. The first-order chi connectivity index (χ1) is 5.20. The highest BCUT2D eigenvalue weighted by molar-refractivity contribution is 5.76. The van der Waals surface area contributed by atoms with Gasteiger partial charge in [-0.2, -0.15) is 5.10 Å². The van der Waals surface area contributed by atoms with Gasteiger partial charge in [0.1, 0.15) is 0 Å². The van der Waals surface area contributed by atoms with Gasteiger partial charge in [-0.25, -0.2) is 4.98 Å². The summed E-state index contributed by atoms with van der Waals surface area (Å²) in [6.45, 7) is 0. The molecule has 4 nitrogen and oxygen atoms in total. The molecule has 0 saturated carbocycles. The Balaban J connectivity index is 2.71. The molecule has 0 fully saturated rings. The number of hydrogen-bond acceptors (Lipinski definition) is 3. The molecule has 0 bridgehead atoms. The van der Waals surface area contributed by atoms with E-state index in [9.17, 15) is 0 Å². The van der Waals surface area contributed by atoms with Crippen LogP contribution in [0, 0.1) is 0 Å². The van der Waals surface area contributed by atoms with Crippen molar-refractivity contribution in [2.75, 3.05) is 14.1 Å². The summed E-state index contributed by atoms with van der Waals surface area (Å²) in [5.74, 6) is 0. The number of imidazole rings is 1. The quantitative estimate of drug-likeness (QED) is 0.451. The van der Waals surface area contributed by atoms with E-state index in [0.29, 0.717) is 0 Å². The molecule has 11 heavy (non-hydrogen) atoms. The van der Waals surface area contributed by atoms with Gasteiger partial charge >= 0.3 is 0 Å². The van der Waals surface area contributed by atoms with Crippen LogP contribution in [0.15, 0.2) is 17.6 Å². The van der Waals surface area contributed by atoms with Crippen LogP contribution in [0.1, 0.15) is 5.69 Å². The Morgan fingerprint density at radius 2 is 2.36 bits per heavy atom. The largest absolute Gasteiger partial charge is 0.333 e. The lowest BCUT2D eigenvalue weighted by Gasteiger charge is -2.01. The molecule has 1 aromatic heterocycles. The van der Waals surface area contributed by atoms with Crippen molar-refractivity contribution in [3.63, 3.8) is 0 Å². The minimum absolute atomic E-state index is 0.999. The first-order valence-corrected chi connectivity index (χ1v) is 3.38. The summed E-state index contributed by atoms with van der Waals surface area (Å²) in [7, 11) is 5.70. The molecule has 0 radical (unpaired) electrons. The summed E-state index contributed by atoms with van der Waals surface area (Å²) in [5, 5.41) is 5.82. The second-order valence-corrected chi connectivity index (χ2v) is 2.52. The fourth-order valence-corrected chi connectivity index (χ4v) is 0.666. The molecule has 0 atom stereocenters. The van der Waals surface area contributed by atoms with E-state index in [0.717, 1.165) is 5.69 Å². The third-order valence-corrected chi connectivity index (χ3v) is 1.27. The molecule has 1 rings (SSSR count).